The van der Waals surface area contributed by atoms with Crippen molar-refractivity contribution in [2.45, 2.75) is 18.5 Å². The molecule has 6 nitrogen and oxygen atoms in total. The molecule has 1 atom stereocenters. The van der Waals surface area contributed by atoms with E-state index in [-0.39, 0.29) is 24.2 Å². The van der Waals surface area contributed by atoms with Crippen LogP contribution >= 0.6 is 11.8 Å². The first-order valence-electron chi connectivity index (χ1n) is 7.50. The zero-order chi connectivity index (χ0) is 16.7. The summed E-state index contributed by atoms with van der Waals surface area (Å²) in [5.74, 6) is 1.62. The number of rotatable bonds is 3. The summed E-state index contributed by atoms with van der Waals surface area (Å²) in [6, 6.07) is 5.41. The molecule has 1 N–H and O–H groups in total. The van der Waals surface area contributed by atoms with Crippen LogP contribution in [-0.2, 0) is 11.3 Å². The number of carbonyl (C=O) groups excluding carboxylic acids is 2. The topological polar surface area (TPSA) is 75.4 Å². The number of carbonyl (C=O) groups is 2. The van der Waals surface area contributed by atoms with Crippen molar-refractivity contribution in [2.75, 3.05) is 11.5 Å². The number of urea groups is 1. The van der Waals surface area contributed by atoms with Crippen molar-refractivity contribution in [1.82, 2.24) is 15.2 Å². The van der Waals surface area contributed by atoms with Crippen LogP contribution in [0.5, 0.6) is 0 Å². The molecule has 1 unspecified atom stereocenters. The van der Waals surface area contributed by atoms with E-state index in [9.17, 15) is 14.0 Å². The SMILES string of the molecule is O=C1NC2(CCSC2)C(=O)N1Cc1ncc(-c2ccc(F)cc2)o1. The Hall–Kier alpha value is -2.35. The standard InChI is InChI=1S/C16H14FN3O3S/c17-11-3-1-10(2-4-11)12-7-18-13(23-12)8-20-14(21)16(19-15(20)22)5-6-24-9-16/h1-4,7H,5-6,8-9H2,(H,19,22). The minimum absolute atomic E-state index is 0.0156. The summed E-state index contributed by atoms with van der Waals surface area (Å²) in [6.07, 6.45) is 2.15. The molecule has 8 heteroatoms. The van der Waals surface area contributed by atoms with Gasteiger partial charge in [0.25, 0.3) is 5.91 Å². The summed E-state index contributed by atoms with van der Waals surface area (Å²) < 4.78 is 18.6. The number of thioether (sulfide) groups is 1. The van der Waals surface area contributed by atoms with Crippen LogP contribution in [0.4, 0.5) is 9.18 Å². The number of hydrogen-bond donors (Lipinski definition) is 1. The summed E-state index contributed by atoms with van der Waals surface area (Å²) >= 11 is 1.65. The third-order valence-corrected chi connectivity index (χ3v) is 5.43. The Morgan fingerprint density at radius 3 is 2.83 bits per heavy atom. The van der Waals surface area contributed by atoms with Gasteiger partial charge in [-0.1, -0.05) is 0 Å². The molecule has 2 aliphatic heterocycles. The van der Waals surface area contributed by atoms with E-state index >= 15 is 0 Å². The number of benzene rings is 1. The van der Waals surface area contributed by atoms with Gasteiger partial charge in [-0.05, 0) is 36.4 Å². The van der Waals surface area contributed by atoms with E-state index in [1.807, 2.05) is 0 Å². The highest BCUT2D eigenvalue weighted by atomic mass is 32.2. The molecule has 0 bridgehead atoms. The van der Waals surface area contributed by atoms with Crippen LogP contribution in [0, 0.1) is 5.82 Å². The number of aromatic nitrogens is 1. The fraction of sp³-hybridized carbons (Fsp3) is 0.312. The number of nitrogens with one attached hydrogen (secondary N) is 1. The summed E-state index contributed by atoms with van der Waals surface area (Å²) in [6.45, 7) is -0.0156. The molecule has 0 radical (unpaired) electrons. The van der Waals surface area contributed by atoms with Gasteiger partial charge >= 0.3 is 6.03 Å². The van der Waals surface area contributed by atoms with Crippen LogP contribution < -0.4 is 5.32 Å². The Morgan fingerprint density at radius 2 is 2.12 bits per heavy atom. The van der Waals surface area contributed by atoms with E-state index in [2.05, 4.69) is 10.3 Å². The number of halogens is 1. The molecule has 0 saturated carbocycles. The molecule has 2 fully saturated rings. The minimum atomic E-state index is -0.770. The third-order valence-electron chi connectivity index (χ3n) is 4.24. The normalized spacial score (nSPS) is 23.3. The molecule has 4 rings (SSSR count). The zero-order valence-corrected chi connectivity index (χ0v) is 13.4. The molecule has 2 aliphatic rings. The van der Waals surface area contributed by atoms with Crippen molar-refractivity contribution in [2.24, 2.45) is 0 Å². The third kappa shape index (κ3) is 2.47. The molecular weight excluding hydrogens is 333 g/mol. The van der Waals surface area contributed by atoms with Gasteiger partial charge in [0.05, 0.1) is 6.20 Å². The summed E-state index contributed by atoms with van der Waals surface area (Å²) in [5.41, 5.74) is -0.0928. The number of amides is 3. The second kappa shape index (κ2) is 5.62. The first-order chi connectivity index (χ1) is 11.6. The average molecular weight is 347 g/mol. The van der Waals surface area contributed by atoms with Crippen molar-refractivity contribution in [3.8, 4) is 11.3 Å². The van der Waals surface area contributed by atoms with E-state index in [1.54, 1.807) is 23.9 Å². The predicted molar refractivity (Wildman–Crippen MR) is 85.7 cm³/mol. The Labute approximate surface area is 141 Å². The first-order valence-corrected chi connectivity index (χ1v) is 8.65. The van der Waals surface area contributed by atoms with Gasteiger partial charge < -0.3 is 9.73 Å². The van der Waals surface area contributed by atoms with Crippen LogP contribution in [0.1, 0.15) is 12.3 Å². The fourth-order valence-electron chi connectivity index (χ4n) is 2.92. The second-order valence-electron chi connectivity index (χ2n) is 5.83. The van der Waals surface area contributed by atoms with Gasteiger partial charge in [-0.3, -0.25) is 9.69 Å². The van der Waals surface area contributed by atoms with Crippen LogP contribution in [-0.4, -0.2) is 38.9 Å². The molecule has 2 aromatic rings. The second-order valence-corrected chi connectivity index (χ2v) is 6.94. The van der Waals surface area contributed by atoms with Crippen molar-refractivity contribution < 1.29 is 18.4 Å². The van der Waals surface area contributed by atoms with E-state index in [1.165, 1.54) is 18.3 Å². The van der Waals surface area contributed by atoms with Crippen molar-refractivity contribution in [3.63, 3.8) is 0 Å². The van der Waals surface area contributed by atoms with Gasteiger partial charge in [0.1, 0.15) is 17.9 Å². The molecule has 2 saturated heterocycles. The zero-order valence-electron chi connectivity index (χ0n) is 12.6. The Balaban J connectivity index is 1.53. The number of imide groups is 1. The maximum Gasteiger partial charge on any atom is 0.325 e. The largest absolute Gasteiger partial charge is 0.439 e. The lowest BCUT2D eigenvalue weighted by atomic mass is 9.99. The summed E-state index contributed by atoms with van der Waals surface area (Å²) in [5, 5.41) is 2.80. The molecule has 1 aromatic heterocycles. The number of nitrogens with zero attached hydrogens (tertiary/aromatic N) is 2. The number of oxazole rings is 1. The van der Waals surface area contributed by atoms with Crippen LogP contribution in [0.15, 0.2) is 34.9 Å². The van der Waals surface area contributed by atoms with E-state index in [0.29, 0.717) is 23.5 Å². The molecule has 1 aromatic carbocycles. The molecule has 1 spiro atoms. The van der Waals surface area contributed by atoms with E-state index < -0.39 is 11.6 Å². The van der Waals surface area contributed by atoms with E-state index in [0.717, 1.165) is 10.7 Å². The van der Waals surface area contributed by atoms with Gasteiger partial charge in [0.15, 0.2) is 5.76 Å². The Kier molecular flexibility index (Phi) is 3.56. The van der Waals surface area contributed by atoms with Gasteiger partial charge in [0, 0.05) is 11.3 Å². The first kappa shape index (κ1) is 15.2. The van der Waals surface area contributed by atoms with Gasteiger partial charge in [-0.2, -0.15) is 11.8 Å². The van der Waals surface area contributed by atoms with Gasteiger partial charge in [-0.15, -0.1) is 0 Å². The average Bonchev–Trinajstić information content (AvgIpc) is 3.27. The maximum absolute atomic E-state index is 13.0. The molecular formula is C16H14FN3O3S. The van der Waals surface area contributed by atoms with Crippen molar-refractivity contribution in [1.29, 1.82) is 0 Å². The van der Waals surface area contributed by atoms with Crippen molar-refractivity contribution in [3.05, 3.63) is 42.2 Å². The molecule has 0 aliphatic carbocycles. The molecule has 24 heavy (non-hydrogen) atoms. The highest BCUT2D eigenvalue weighted by Crippen LogP contribution is 2.34. The maximum atomic E-state index is 13.0. The monoisotopic (exact) mass is 347 g/mol. The molecule has 3 amide bonds. The van der Waals surface area contributed by atoms with Gasteiger partial charge in [0.2, 0.25) is 5.89 Å². The summed E-state index contributed by atoms with van der Waals surface area (Å²) in [4.78, 5) is 30.0. The Bertz CT molecular complexity index is 799. The van der Waals surface area contributed by atoms with Gasteiger partial charge in [-0.25, -0.2) is 14.2 Å². The van der Waals surface area contributed by atoms with Crippen LogP contribution in [0.2, 0.25) is 0 Å². The lowest BCUT2D eigenvalue weighted by Crippen LogP contribution is -2.46. The lowest BCUT2D eigenvalue weighted by Gasteiger charge is -2.18. The smallest absolute Gasteiger partial charge is 0.325 e. The highest BCUT2D eigenvalue weighted by molar-refractivity contribution is 7.99. The predicted octanol–water partition coefficient (Wildman–Crippen LogP) is 2.41. The quantitative estimate of drug-likeness (QED) is 0.863. The Morgan fingerprint density at radius 1 is 1.33 bits per heavy atom. The van der Waals surface area contributed by atoms with E-state index in [4.69, 9.17) is 4.42 Å². The lowest BCUT2D eigenvalue weighted by molar-refractivity contribution is -0.131. The minimum Gasteiger partial charge on any atom is -0.439 e. The van der Waals surface area contributed by atoms with Crippen LogP contribution in [0.25, 0.3) is 11.3 Å². The fourth-order valence-corrected chi connectivity index (χ4v) is 4.24. The molecule has 3 heterocycles. The number of hydrogen-bond acceptors (Lipinski definition) is 5. The highest BCUT2D eigenvalue weighted by Gasteiger charge is 2.53. The van der Waals surface area contributed by atoms with Crippen molar-refractivity contribution >= 4 is 23.7 Å². The van der Waals surface area contributed by atoms with Crippen LogP contribution in [0.3, 0.4) is 0 Å². The molecule has 124 valence electrons. The summed E-state index contributed by atoms with van der Waals surface area (Å²) in [7, 11) is 0.